The van der Waals surface area contributed by atoms with E-state index in [4.69, 9.17) is 0 Å². The minimum absolute atomic E-state index is 0.0712. The summed E-state index contributed by atoms with van der Waals surface area (Å²) in [5.74, 6) is -0.256. The van der Waals surface area contributed by atoms with E-state index in [2.05, 4.69) is 10.3 Å². The molecule has 27 heavy (non-hydrogen) atoms. The summed E-state index contributed by atoms with van der Waals surface area (Å²) in [6.45, 7) is 4.04. The van der Waals surface area contributed by atoms with Crippen LogP contribution in [0.15, 0.2) is 48.5 Å². The standard InChI is InChI=1S/C20H17N3O2S2/c1-20(2)15(16(24)22-19-21-13-9-5-6-10-14(13)26-19)23-17(25)11-7-3-4-8-12(11)18(23)27-20/h3-10,15,18H,1-2H3,(H,21,22,24)/t15-,18-/m1/s1. The van der Waals surface area contributed by atoms with Crippen molar-refractivity contribution in [3.8, 4) is 0 Å². The normalized spacial score (nSPS) is 22.7. The number of nitrogens with one attached hydrogen (secondary N) is 1. The number of thiazole rings is 1. The molecule has 0 unspecified atom stereocenters. The highest BCUT2D eigenvalue weighted by atomic mass is 32.2. The van der Waals surface area contributed by atoms with Crippen LogP contribution >= 0.6 is 23.1 Å². The van der Waals surface area contributed by atoms with Crippen LogP contribution in [0.4, 0.5) is 5.13 Å². The van der Waals surface area contributed by atoms with Gasteiger partial charge in [-0.3, -0.25) is 9.59 Å². The average molecular weight is 396 g/mol. The third-order valence-corrected chi connectivity index (χ3v) is 7.56. The lowest BCUT2D eigenvalue weighted by atomic mass is 10.0. The van der Waals surface area contributed by atoms with E-state index in [1.165, 1.54) is 11.3 Å². The van der Waals surface area contributed by atoms with Crippen LogP contribution < -0.4 is 5.32 Å². The van der Waals surface area contributed by atoms with E-state index in [1.54, 1.807) is 16.7 Å². The molecule has 2 atom stereocenters. The lowest BCUT2D eigenvalue weighted by molar-refractivity contribution is -0.121. The second-order valence-electron chi connectivity index (χ2n) is 7.25. The Kier molecular flexibility index (Phi) is 3.61. The summed E-state index contributed by atoms with van der Waals surface area (Å²) in [6, 6.07) is 14.9. The molecule has 1 N–H and O–H groups in total. The van der Waals surface area contributed by atoms with E-state index in [-0.39, 0.29) is 17.2 Å². The van der Waals surface area contributed by atoms with E-state index in [0.29, 0.717) is 10.7 Å². The molecule has 0 radical (unpaired) electrons. The third-order valence-electron chi connectivity index (χ3n) is 5.07. The Bertz CT molecular complexity index is 1060. The fourth-order valence-corrected chi connectivity index (χ4v) is 6.36. The maximum atomic E-state index is 13.2. The van der Waals surface area contributed by atoms with Gasteiger partial charge in [0.25, 0.3) is 5.91 Å². The predicted molar refractivity (Wildman–Crippen MR) is 109 cm³/mol. The van der Waals surface area contributed by atoms with E-state index >= 15 is 0 Å². The molecule has 1 saturated heterocycles. The Hall–Kier alpha value is -2.38. The molecule has 0 aliphatic carbocycles. The summed E-state index contributed by atoms with van der Waals surface area (Å²) >= 11 is 3.11. The summed E-state index contributed by atoms with van der Waals surface area (Å²) in [5.41, 5.74) is 2.56. The molecule has 7 heteroatoms. The van der Waals surface area contributed by atoms with Crippen LogP contribution in [0.3, 0.4) is 0 Å². The number of benzene rings is 2. The average Bonchev–Trinajstić information content (AvgIpc) is 3.25. The number of hydrogen-bond acceptors (Lipinski definition) is 5. The van der Waals surface area contributed by atoms with Gasteiger partial charge in [0.1, 0.15) is 11.4 Å². The van der Waals surface area contributed by atoms with Crippen LogP contribution in [-0.4, -0.2) is 32.5 Å². The van der Waals surface area contributed by atoms with Crippen LogP contribution in [0.5, 0.6) is 0 Å². The van der Waals surface area contributed by atoms with E-state index in [9.17, 15) is 9.59 Å². The first-order chi connectivity index (χ1) is 13.0. The van der Waals surface area contributed by atoms with Crippen LogP contribution in [0.25, 0.3) is 10.2 Å². The highest BCUT2D eigenvalue weighted by molar-refractivity contribution is 8.01. The monoisotopic (exact) mass is 395 g/mol. The summed E-state index contributed by atoms with van der Waals surface area (Å²) in [4.78, 5) is 32.4. The van der Waals surface area contributed by atoms with E-state index < -0.39 is 10.8 Å². The van der Waals surface area contributed by atoms with Crippen LogP contribution in [0.2, 0.25) is 0 Å². The Balaban J connectivity index is 1.48. The van der Waals surface area contributed by atoms with Crippen molar-refractivity contribution in [2.45, 2.75) is 30.0 Å². The maximum Gasteiger partial charge on any atom is 0.256 e. The highest BCUT2D eigenvalue weighted by Crippen LogP contribution is 2.56. The Labute approximate surface area is 164 Å². The van der Waals surface area contributed by atoms with Crippen molar-refractivity contribution in [2.75, 3.05) is 5.32 Å². The Morgan fingerprint density at radius 1 is 1.15 bits per heavy atom. The zero-order valence-corrected chi connectivity index (χ0v) is 16.4. The first-order valence-corrected chi connectivity index (χ1v) is 10.4. The number of anilines is 1. The lowest BCUT2D eigenvalue weighted by Crippen LogP contribution is -2.50. The minimum Gasteiger partial charge on any atom is -0.309 e. The van der Waals surface area contributed by atoms with E-state index in [0.717, 1.165) is 15.8 Å². The number of thioether (sulfide) groups is 1. The largest absolute Gasteiger partial charge is 0.309 e. The quantitative estimate of drug-likeness (QED) is 0.703. The van der Waals surface area contributed by atoms with Crippen molar-refractivity contribution < 1.29 is 9.59 Å². The molecule has 2 aliphatic heterocycles. The molecule has 136 valence electrons. The van der Waals surface area contributed by atoms with Gasteiger partial charge in [0.15, 0.2) is 5.13 Å². The molecule has 1 fully saturated rings. The van der Waals surface area contributed by atoms with Gasteiger partial charge in [0.2, 0.25) is 5.91 Å². The van der Waals surface area contributed by atoms with Crippen molar-refractivity contribution >= 4 is 50.3 Å². The number of fused-ring (bicyclic) bond motifs is 4. The van der Waals surface area contributed by atoms with Gasteiger partial charge < -0.3 is 10.2 Å². The molecule has 0 spiro atoms. The van der Waals surface area contributed by atoms with Crippen LogP contribution in [0.1, 0.15) is 35.1 Å². The Morgan fingerprint density at radius 3 is 2.70 bits per heavy atom. The van der Waals surface area contributed by atoms with Gasteiger partial charge in [-0.2, -0.15) is 0 Å². The third kappa shape index (κ3) is 2.49. The number of carbonyl (C=O) groups is 2. The van der Waals surface area contributed by atoms with Crippen LogP contribution in [0, 0.1) is 0 Å². The van der Waals surface area contributed by atoms with Gasteiger partial charge >= 0.3 is 0 Å². The van der Waals surface area contributed by atoms with Crippen LogP contribution in [-0.2, 0) is 4.79 Å². The number of rotatable bonds is 2. The van der Waals surface area contributed by atoms with Gasteiger partial charge in [-0.1, -0.05) is 41.7 Å². The highest BCUT2D eigenvalue weighted by Gasteiger charge is 2.57. The van der Waals surface area contributed by atoms with Crippen molar-refractivity contribution in [2.24, 2.45) is 0 Å². The zero-order chi connectivity index (χ0) is 18.8. The smallest absolute Gasteiger partial charge is 0.256 e. The molecule has 5 rings (SSSR count). The minimum atomic E-state index is -0.556. The molecule has 1 aromatic heterocycles. The number of para-hydroxylation sites is 1. The van der Waals surface area contributed by atoms with Gasteiger partial charge in [-0.05, 0) is 37.6 Å². The second-order valence-corrected chi connectivity index (χ2v) is 10.0. The summed E-state index contributed by atoms with van der Waals surface area (Å²) < 4.78 is 0.629. The lowest BCUT2D eigenvalue weighted by Gasteiger charge is -2.29. The SMILES string of the molecule is CC1(C)S[C@@H]2c3ccccc3C(=O)N2[C@@H]1C(=O)Nc1nc2ccccc2s1. The summed E-state index contributed by atoms with van der Waals surface area (Å²) in [5, 5.41) is 3.40. The molecule has 2 amide bonds. The molecule has 0 saturated carbocycles. The number of aromatic nitrogens is 1. The first kappa shape index (κ1) is 16.8. The molecule has 2 aromatic carbocycles. The number of nitrogens with zero attached hydrogens (tertiary/aromatic N) is 2. The first-order valence-electron chi connectivity index (χ1n) is 8.71. The predicted octanol–water partition coefficient (Wildman–Crippen LogP) is 4.28. The topological polar surface area (TPSA) is 62.3 Å². The van der Waals surface area contributed by atoms with E-state index in [1.807, 2.05) is 62.4 Å². The van der Waals surface area contributed by atoms with Crippen molar-refractivity contribution in [3.05, 3.63) is 59.7 Å². The molecular weight excluding hydrogens is 378 g/mol. The number of amides is 2. The summed E-state index contributed by atoms with van der Waals surface area (Å²) in [7, 11) is 0. The maximum absolute atomic E-state index is 13.2. The molecule has 3 heterocycles. The van der Waals surface area contributed by atoms with Gasteiger partial charge in [0.05, 0.1) is 10.2 Å². The number of carbonyl (C=O) groups excluding carboxylic acids is 2. The molecule has 3 aromatic rings. The van der Waals surface area contributed by atoms with Gasteiger partial charge in [-0.15, -0.1) is 11.8 Å². The molecule has 0 bridgehead atoms. The van der Waals surface area contributed by atoms with Crippen molar-refractivity contribution in [1.29, 1.82) is 0 Å². The molecule has 2 aliphatic rings. The summed E-state index contributed by atoms with van der Waals surface area (Å²) in [6.07, 6.45) is 0. The van der Waals surface area contributed by atoms with Crippen molar-refractivity contribution in [3.63, 3.8) is 0 Å². The van der Waals surface area contributed by atoms with Gasteiger partial charge in [0, 0.05) is 10.3 Å². The zero-order valence-electron chi connectivity index (χ0n) is 14.8. The fourth-order valence-electron chi connectivity index (χ4n) is 3.90. The fraction of sp³-hybridized carbons (Fsp3) is 0.250. The van der Waals surface area contributed by atoms with Crippen molar-refractivity contribution in [1.82, 2.24) is 9.88 Å². The Morgan fingerprint density at radius 2 is 1.89 bits per heavy atom. The second kappa shape index (κ2) is 5.81. The van der Waals surface area contributed by atoms with Gasteiger partial charge in [-0.25, -0.2) is 4.98 Å². The molecule has 5 nitrogen and oxygen atoms in total. The molecular formula is C20H17N3O2S2. The number of hydrogen-bond donors (Lipinski definition) is 1.